The van der Waals surface area contributed by atoms with Crippen molar-refractivity contribution in [3.8, 4) is 11.5 Å². The van der Waals surface area contributed by atoms with Gasteiger partial charge < -0.3 is 9.47 Å². The van der Waals surface area contributed by atoms with Crippen LogP contribution in [0.3, 0.4) is 0 Å². The number of ether oxygens (including phenoxy) is 2. The molecule has 8 heteroatoms. The summed E-state index contributed by atoms with van der Waals surface area (Å²) in [6, 6.07) is 20.7. The minimum absolute atomic E-state index is 0.182. The van der Waals surface area contributed by atoms with Crippen molar-refractivity contribution < 1.29 is 23.9 Å². The fraction of sp³-hybridized carbons (Fsp3) is 0.148. The van der Waals surface area contributed by atoms with Crippen LogP contribution in [0.4, 0.5) is 10.5 Å². The van der Waals surface area contributed by atoms with E-state index in [0.717, 1.165) is 21.4 Å². The van der Waals surface area contributed by atoms with E-state index >= 15 is 0 Å². The van der Waals surface area contributed by atoms with Gasteiger partial charge in [-0.2, -0.15) is 0 Å². The summed E-state index contributed by atoms with van der Waals surface area (Å²) in [7, 11) is 0. The van der Waals surface area contributed by atoms with Gasteiger partial charge in [-0.15, -0.1) is 0 Å². The Kier molecular flexibility index (Phi) is 7.62. The van der Waals surface area contributed by atoms with Gasteiger partial charge in [0.2, 0.25) is 0 Å². The summed E-state index contributed by atoms with van der Waals surface area (Å²) in [5.41, 5.74) is 1.64. The lowest BCUT2D eigenvalue weighted by Gasteiger charge is -2.26. The van der Waals surface area contributed by atoms with Crippen molar-refractivity contribution in [1.29, 1.82) is 0 Å². The molecule has 0 radical (unpaired) electrons. The third-order valence-corrected chi connectivity index (χ3v) is 5.67. The molecule has 1 heterocycles. The molecule has 0 unspecified atom stereocenters. The van der Waals surface area contributed by atoms with Crippen LogP contribution in [0.5, 0.6) is 11.5 Å². The molecule has 0 aliphatic carbocycles. The molecule has 1 fully saturated rings. The van der Waals surface area contributed by atoms with Crippen LogP contribution in [0.1, 0.15) is 24.5 Å². The predicted molar refractivity (Wildman–Crippen MR) is 136 cm³/mol. The summed E-state index contributed by atoms with van der Waals surface area (Å²) >= 11 is 3.42. The number of nitrogens with zero attached hydrogens (tertiary/aromatic N) is 1. The monoisotopic (exact) mass is 534 g/mol. The first-order valence-corrected chi connectivity index (χ1v) is 11.9. The van der Waals surface area contributed by atoms with E-state index in [1.165, 1.54) is 6.08 Å². The van der Waals surface area contributed by atoms with E-state index in [9.17, 15) is 14.4 Å². The third kappa shape index (κ3) is 5.78. The van der Waals surface area contributed by atoms with Crippen LogP contribution in [0, 0.1) is 0 Å². The molecular formula is C27H23BrN2O5. The van der Waals surface area contributed by atoms with Gasteiger partial charge in [0.15, 0.2) is 0 Å². The number of halogens is 1. The number of amides is 4. The van der Waals surface area contributed by atoms with Gasteiger partial charge in [-0.3, -0.25) is 14.9 Å². The summed E-state index contributed by atoms with van der Waals surface area (Å²) in [5, 5.41) is 2.24. The van der Waals surface area contributed by atoms with E-state index in [2.05, 4.69) is 21.2 Å². The molecule has 0 bridgehead atoms. The first kappa shape index (κ1) is 24.2. The van der Waals surface area contributed by atoms with Crippen molar-refractivity contribution in [2.45, 2.75) is 20.0 Å². The Balaban J connectivity index is 1.62. The third-order valence-electron chi connectivity index (χ3n) is 5.18. The van der Waals surface area contributed by atoms with Gasteiger partial charge in [-0.25, -0.2) is 9.69 Å². The number of urea groups is 1. The van der Waals surface area contributed by atoms with E-state index in [1.807, 2.05) is 43.3 Å². The quantitative estimate of drug-likeness (QED) is 0.305. The number of benzene rings is 3. The highest BCUT2D eigenvalue weighted by Crippen LogP contribution is 2.29. The van der Waals surface area contributed by atoms with E-state index in [1.54, 1.807) is 36.4 Å². The number of barbiturate groups is 1. The summed E-state index contributed by atoms with van der Waals surface area (Å²) in [5.74, 6) is -0.379. The zero-order valence-electron chi connectivity index (χ0n) is 19.0. The topological polar surface area (TPSA) is 84.9 Å². The van der Waals surface area contributed by atoms with Gasteiger partial charge in [-0.05, 0) is 60.5 Å². The number of anilines is 1. The molecule has 4 amide bonds. The number of carbonyl (C=O) groups excluding carboxylic acids is 3. The maximum atomic E-state index is 13.3. The number of nitrogens with one attached hydrogen (secondary N) is 1. The molecule has 7 nitrogen and oxygen atoms in total. The molecule has 178 valence electrons. The van der Waals surface area contributed by atoms with Gasteiger partial charge in [0, 0.05) is 10.0 Å². The van der Waals surface area contributed by atoms with Crippen molar-refractivity contribution in [2.24, 2.45) is 0 Å². The summed E-state index contributed by atoms with van der Waals surface area (Å²) in [6.45, 7) is 2.88. The van der Waals surface area contributed by atoms with Crippen LogP contribution in [0.15, 0.2) is 82.8 Å². The number of rotatable bonds is 8. The molecule has 4 rings (SSSR count). The molecular weight excluding hydrogens is 512 g/mol. The fourth-order valence-corrected chi connectivity index (χ4v) is 3.84. The first-order chi connectivity index (χ1) is 17.0. The van der Waals surface area contributed by atoms with Crippen LogP contribution in [-0.4, -0.2) is 24.5 Å². The minimum atomic E-state index is -0.811. The highest BCUT2D eigenvalue weighted by molar-refractivity contribution is 9.10. The van der Waals surface area contributed by atoms with Gasteiger partial charge in [0.1, 0.15) is 23.7 Å². The molecule has 1 saturated heterocycles. The smallest absolute Gasteiger partial charge is 0.335 e. The summed E-state index contributed by atoms with van der Waals surface area (Å²) in [6.07, 6.45) is 2.29. The Morgan fingerprint density at radius 3 is 2.40 bits per heavy atom. The first-order valence-electron chi connectivity index (χ1n) is 11.1. The minimum Gasteiger partial charge on any atom is -0.494 e. The van der Waals surface area contributed by atoms with Crippen LogP contribution >= 0.6 is 15.9 Å². The Hall–Kier alpha value is -3.91. The second kappa shape index (κ2) is 11.0. The van der Waals surface area contributed by atoms with Crippen LogP contribution < -0.4 is 19.7 Å². The average Bonchev–Trinajstić information content (AvgIpc) is 2.86. The standard InChI is InChI=1S/C27H23BrN2O5/c1-2-14-34-22-11-9-21(10-12-22)30-26(32)23(25(31)29-27(30)33)16-19-15-20(28)8-13-24(19)35-17-18-6-4-3-5-7-18/h3-13,15-16H,2,14,17H2,1H3,(H,29,31,33)/b23-16-. The number of imide groups is 2. The van der Waals surface area contributed by atoms with Crippen molar-refractivity contribution in [3.05, 3.63) is 94.0 Å². The van der Waals surface area contributed by atoms with Crippen LogP contribution in [0.2, 0.25) is 0 Å². The zero-order valence-corrected chi connectivity index (χ0v) is 20.6. The van der Waals surface area contributed by atoms with Crippen LogP contribution in [0.25, 0.3) is 6.08 Å². The van der Waals surface area contributed by atoms with Gasteiger partial charge >= 0.3 is 6.03 Å². The van der Waals surface area contributed by atoms with Gasteiger partial charge in [-0.1, -0.05) is 53.2 Å². The average molecular weight is 535 g/mol. The molecule has 0 aromatic heterocycles. The van der Waals surface area contributed by atoms with Gasteiger partial charge in [0.05, 0.1) is 12.3 Å². The van der Waals surface area contributed by atoms with E-state index < -0.39 is 17.8 Å². The fourth-order valence-electron chi connectivity index (χ4n) is 3.46. The molecule has 1 aliphatic heterocycles. The molecule has 1 N–H and O–H groups in total. The molecule has 35 heavy (non-hydrogen) atoms. The van der Waals surface area contributed by atoms with Gasteiger partial charge in [0.25, 0.3) is 11.8 Å². The Labute approximate surface area is 211 Å². The predicted octanol–water partition coefficient (Wildman–Crippen LogP) is 5.48. The SMILES string of the molecule is CCCOc1ccc(N2C(=O)NC(=O)/C(=C/c3cc(Br)ccc3OCc3ccccc3)C2=O)cc1. The highest BCUT2D eigenvalue weighted by Gasteiger charge is 2.37. The molecule has 1 aliphatic rings. The number of hydrogen-bond acceptors (Lipinski definition) is 5. The van der Waals surface area contributed by atoms with Crippen molar-refractivity contribution >= 4 is 45.5 Å². The lowest BCUT2D eigenvalue weighted by atomic mass is 10.1. The van der Waals surface area contributed by atoms with Crippen molar-refractivity contribution in [3.63, 3.8) is 0 Å². The second-order valence-electron chi connectivity index (χ2n) is 7.76. The van der Waals surface area contributed by atoms with Crippen molar-refractivity contribution in [2.75, 3.05) is 11.5 Å². The molecule has 0 atom stereocenters. The molecule has 3 aromatic carbocycles. The lowest BCUT2D eigenvalue weighted by Crippen LogP contribution is -2.54. The van der Waals surface area contributed by atoms with Crippen LogP contribution in [-0.2, 0) is 16.2 Å². The van der Waals surface area contributed by atoms with E-state index in [-0.39, 0.29) is 5.57 Å². The van der Waals surface area contributed by atoms with Crippen molar-refractivity contribution in [1.82, 2.24) is 5.32 Å². The Bertz CT molecular complexity index is 1270. The largest absolute Gasteiger partial charge is 0.494 e. The lowest BCUT2D eigenvalue weighted by molar-refractivity contribution is -0.122. The summed E-state index contributed by atoms with van der Waals surface area (Å²) in [4.78, 5) is 39.4. The number of hydrogen-bond donors (Lipinski definition) is 1. The van der Waals surface area contributed by atoms with E-state index in [0.29, 0.717) is 36.0 Å². The van der Waals surface area contributed by atoms with E-state index in [4.69, 9.17) is 9.47 Å². The molecule has 3 aromatic rings. The normalized spacial score (nSPS) is 14.7. The second-order valence-corrected chi connectivity index (χ2v) is 8.67. The summed E-state index contributed by atoms with van der Waals surface area (Å²) < 4.78 is 12.3. The molecule has 0 saturated carbocycles. The Morgan fingerprint density at radius 1 is 0.943 bits per heavy atom. The Morgan fingerprint density at radius 2 is 1.69 bits per heavy atom. The maximum absolute atomic E-state index is 13.3. The maximum Gasteiger partial charge on any atom is 0.335 e. The number of carbonyl (C=O) groups is 3. The molecule has 0 spiro atoms. The zero-order chi connectivity index (χ0) is 24.8. The highest BCUT2D eigenvalue weighted by atomic mass is 79.9.